The van der Waals surface area contributed by atoms with E-state index in [1.54, 1.807) is 31.2 Å². The van der Waals surface area contributed by atoms with Crippen LogP contribution in [0.25, 0.3) is 17.2 Å². The van der Waals surface area contributed by atoms with Gasteiger partial charge in [0.25, 0.3) is 5.95 Å². The Kier molecular flexibility index (Phi) is 6.20. The molecule has 0 atom stereocenters. The van der Waals surface area contributed by atoms with Crippen molar-refractivity contribution in [3.63, 3.8) is 0 Å². The highest BCUT2D eigenvalue weighted by Crippen LogP contribution is 2.31. The van der Waals surface area contributed by atoms with Crippen LogP contribution in [0.15, 0.2) is 30.5 Å². The number of nitrogens with two attached hydrogens (primary N) is 1. The van der Waals surface area contributed by atoms with E-state index in [1.165, 1.54) is 10.9 Å². The Bertz CT molecular complexity index is 1180. The largest absolute Gasteiger partial charge is 0.462 e. The summed E-state index contributed by atoms with van der Waals surface area (Å²) in [6.07, 6.45) is 1.31. The van der Waals surface area contributed by atoms with Crippen LogP contribution in [0.1, 0.15) is 22.8 Å². The average Bonchev–Trinajstić information content (AvgIpc) is 3.21. The van der Waals surface area contributed by atoms with Crippen LogP contribution < -0.4 is 10.6 Å². The minimum atomic E-state index is -0.587. The van der Waals surface area contributed by atoms with Gasteiger partial charge in [0.1, 0.15) is 23.0 Å². The number of anilines is 2. The van der Waals surface area contributed by atoms with E-state index in [-0.39, 0.29) is 23.9 Å². The lowest BCUT2D eigenvalue weighted by atomic mass is 10.1. The van der Waals surface area contributed by atoms with E-state index in [2.05, 4.69) is 21.1 Å². The van der Waals surface area contributed by atoms with Crippen LogP contribution in [0.4, 0.5) is 11.6 Å². The Morgan fingerprint density at radius 3 is 2.66 bits per heavy atom. The normalized spacial score (nSPS) is 13.6. The Hall–Kier alpha value is -3.68. The number of halogens is 1. The maximum Gasteiger partial charge on any atom is 0.343 e. The fourth-order valence-corrected chi connectivity index (χ4v) is 3.47. The number of hydrogen-bond acceptors (Lipinski definition) is 9. The molecule has 0 radical (unpaired) electrons. The Labute approximate surface area is 189 Å². The molecular formula is C21H20ClN7O3. The summed E-state index contributed by atoms with van der Waals surface area (Å²) in [6.45, 7) is 4.06. The first-order valence-electron chi connectivity index (χ1n) is 9.95. The number of benzene rings is 1. The van der Waals surface area contributed by atoms with Crippen molar-refractivity contribution in [2.24, 2.45) is 0 Å². The Morgan fingerprint density at radius 2 is 2.00 bits per heavy atom. The number of ether oxygens (including phenoxy) is 2. The lowest BCUT2D eigenvalue weighted by molar-refractivity contribution is 0.0527. The van der Waals surface area contributed by atoms with Crippen LogP contribution in [0.3, 0.4) is 0 Å². The number of nitriles is 1. The van der Waals surface area contributed by atoms with Crippen molar-refractivity contribution in [2.45, 2.75) is 6.92 Å². The van der Waals surface area contributed by atoms with E-state index < -0.39 is 5.97 Å². The van der Waals surface area contributed by atoms with Gasteiger partial charge in [-0.2, -0.15) is 20.0 Å². The van der Waals surface area contributed by atoms with Gasteiger partial charge in [0.15, 0.2) is 5.82 Å². The summed E-state index contributed by atoms with van der Waals surface area (Å²) in [5, 5.41) is 14.7. The minimum Gasteiger partial charge on any atom is -0.462 e. The zero-order valence-corrected chi connectivity index (χ0v) is 18.0. The predicted molar refractivity (Wildman–Crippen MR) is 118 cm³/mol. The first-order chi connectivity index (χ1) is 15.5. The monoisotopic (exact) mass is 453 g/mol. The van der Waals surface area contributed by atoms with Crippen molar-refractivity contribution < 1.29 is 14.3 Å². The van der Waals surface area contributed by atoms with Gasteiger partial charge in [-0.25, -0.2) is 9.78 Å². The lowest BCUT2D eigenvalue weighted by Gasteiger charge is -2.29. The summed E-state index contributed by atoms with van der Waals surface area (Å²) < 4.78 is 11.7. The highest BCUT2D eigenvalue weighted by atomic mass is 35.5. The summed E-state index contributed by atoms with van der Waals surface area (Å²) >= 11 is 6.04. The van der Waals surface area contributed by atoms with Crippen LogP contribution >= 0.6 is 11.6 Å². The number of hydrogen-bond donors (Lipinski definition) is 1. The van der Waals surface area contributed by atoms with Gasteiger partial charge in [0.05, 0.1) is 31.7 Å². The molecule has 1 aliphatic heterocycles. The molecule has 32 heavy (non-hydrogen) atoms. The minimum absolute atomic E-state index is 0.0446. The average molecular weight is 454 g/mol. The lowest BCUT2D eigenvalue weighted by Crippen LogP contribution is -2.37. The smallest absolute Gasteiger partial charge is 0.343 e. The first kappa shape index (κ1) is 21.5. The number of nitrogen functional groups attached to an aromatic ring is 1. The SMILES string of the molecule is CCOC(=O)c1cnn(-c2nc(-c3ccc(Cl)cc3)c(C#N)c(N3CCOCC3)n2)c1N. The second-order valence-electron chi connectivity index (χ2n) is 6.86. The molecule has 3 heterocycles. The van der Waals surface area contributed by atoms with Crippen molar-refractivity contribution in [1.29, 1.82) is 5.26 Å². The Balaban J connectivity index is 1.90. The molecule has 2 N–H and O–H groups in total. The second-order valence-corrected chi connectivity index (χ2v) is 7.30. The summed E-state index contributed by atoms with van der Waals surface area (Å²) in [5.74, 6) is 0.0289. The summed E-state index contributed by atoms with van der Waals surface area (Å²) in [6, 6.07) is 9.21. The van der Waals surface area contributed by atoms with Crippen LogP contribution in [0.2, 0.25) is 5.02 Å². The summed E-state index contributed by atoms with van der Waals surface area (Å²) in [7, 11) is 0. The van der Waals surface area contributed by atoms with Crippen LogP contribution in [-0.2, 0) is 9.47 Å². The number of carbonyl (C=O) groups is 1. The van der Waals surface area contributed by atoms with Crippen molar-refractivity contribution in [1.82, 2.24) is 19.7 Å². The molecule has 1 fully saturated rings. The number of carbonyl (C=O) groups excluding carboxylic acids is 1. The number of nitrogens with zero attached hydrogens (tertiary/aromatic N) is 6. The molecule has 0 aliphatic carbocycles. The molecule has 11 heteroatoms. The zero-order chi connectivity index (χ0) is 22.7. The third-order valence-electron chi connectivity index (χ3n) is 4.91. The summed E-state index contributed by atoms with van der Waals surface area (Å²) in [4.78, 5) is 23.3. The summed E-state index contributed by atoms with van der Waals surface area (Å²) in [5.41, 5.74) is 7.69. The number of esters is 1. The van der Waals surface area contributed by atoms with Gasteiger partial charge in [0.2, 0.25) is 0 Å². The van der Waals surface area contributed by atoms with Gasteiger partial charge in [-0.1, -0.05) is 23.7 Å². The molecule has 2 aromatic heterocycles. The van der Waals surface area contributed by atoms with Crippen molar-refractivity contribution in [3.05, 3.63) is 46.6 Å². The molecule has 1 aliphatic rings. The highest BCUT2D eigenvalue weighted by Gasteiger charge is 2.25. The van der Waals surface area contributed by atoms with Gasteiger partial charge in [-0.3, -0.25) is 0 Å². The number of aromatic nitrogens is 4. The molecule has 1 saturated heterocycles. The van der Waals surface area contributed by atoms with Crippen LogP contribution in [0.5, 0.6) is 0 Å². The molecule has 10 nitrogen and oxygen atoms in total. The standard InChI is InChI=1S/C21H20ClN7O3/c1-2-32-20(30)16-12-25-29(18(16)24)21-26-17(13-3-5-14(22)6-4-13)15(11-23)19(27-21)28-7-9-31-10-8-28/h3-6,12H,2,7-10,24H2,1H3. The van der Waals surface area contributed by atoms with E-state index in [9.17, 15) is 10.1 Å². The third kappa shape index (κ3) is 4.08. The maximum atomic E-state index is 12.2. The van der Waals surface area contributed by atoms with Gasteiger partial charge in [-0.05, 0) is 19.1 Å². The molecular weight excluding hydrogens is 434 g/mol. The van der Waals surface area contributed by atoms with Crippen LogP contribution in [-0.4, -0.2) is 58.6 Å². The van der Waals surface area contributed by atoms with E-state index in [4.69, 9.17) is 26.8 Å². The van der Waals surface area contributed by atoms with Crippen molar-refractivity contribution >= 4 is 29.2 Å². The first-order valence-corrected chi connectivity index (χ1v) is 10.3. The van der Waals surface area contributed by atoms with E-state index in [0.717, 1.165) is 0 Å². The number of morpholine rings is 1. The van der Waals surface area contributed by atoms with Gasteiger partial charge >= 0.3 is 5.97 Å². The fourth-order valence-electron chi connectivity index (χ4n) is 3.34. The molecule has 4 rings (SSSR count). The molecule has 0 spiro atoms. The molecule has 0 bridgehead atoms. The molecule has 164 valence electrons. The molecule has 0 unspecified atom stereocenters. The van der Waals surface area contributed by atoms with E-state index in [1.807, 2.05) is 4.90 Å². The molecule has 1 aromatic carbocycles. The molecule has 0 saturated carbocycles. The maximum absolute atomic E-state index is 12.2. The van der Waals surface area contributed by atoms with Crippen molar-refractivity contribution in [2.75, 3.05) is 43.5 Å². The molecule has 3 aromatic rings. The highest BCUT2D eigenvalue weighted by molar-refractivity contribution is 6.30. The van der Waals surface area contributed by atoms with E-state index in [0.29, 0.717) is 54.0 Å². The van der Waals surface area contributed by atoms with Gasteiger partial charge in [0, 0.05) is 23.7 Å². The van der Waals surface area contributed by atoms with E-state index >= 15 is 0 Å². The second kappa shape index (κ2) is 9.21. The third-order valence-corrected chi connectivity index (χ3v) is 5.16. The topological polar surface area (TPSA) is 132 Å². The van der Waals surface area contributed by atoms with Gasteiger partial charge in [-0.15, -0.1) is 0 Å². The Morgan fingerprint density at radius 1 is 1.28 bits per heavy atom. The quantitative estimate of drug-likeness (QED) is 0.578. The predicted octanol–water partition coefficient (Wildman–Crippen LogP) is 2.45. The van der Waals surface area contributed by atoms with Gasteiger partial charge < -0.3 is 20.1 Å². The molecule has 0 amide bonds. The van der Waals surface area contributed by atoms with Crippen LogP contribution in [0, 0.1) is 11.3 Å². The van der Waals surface area contributed by atoms with Crippen molar-refractivity contribution in [3.8, 4) is 23.3 Å². The number of rotatable bonds is 5. The fraction of sp³-hybridized carbons (Fsp3) is 0.286. The zero-order valence-electron chi connectivity index (χ0n) is 17.3.